The van der Waals surface area contributed by atoms with Crippen LogP contribution in [-0.4, -0.2) is 46.2 Å². The zero-order chi connectivity index (χ0) is 25.0. The van der Waals surface area contributed by atoms with Gasteiger partial charge in [-0.2, -0.15) is 14.7 Å². The van der Waals surface area contributed by atoms with Gasteiger partial charge in [0.15, 0.2) is 5.82 Å². The third kappa shape index (κ3) is 3.82. The molecule has 0 bridgehead atoms. The molecule has 2 aliphatic rings. The lowest BCUT2D eigenvalue weighted by molar-refractivity contribution is 0.0194. The fraction of sp³-hybridized carbons (Fsp3) is 0.458. The Morgan fingerprint density at radius 2 is 2.00 bits per heavy atom. The molecule has 0 aliphatic carbocycles. The standard InChI is InChI=1S/C24H28N6O4S/c1-23(2,3)29-15-16-14-17(4-5-19(16)35(29,32)33)27-21-20-18(6-11-26-22(20)31)30(28-21)24(7-10-25)8-12-34-13-9-24/h4-6,11,14H,7-9,12-13,15H2,1-3H3,(H,26,31)(H,27,28). The average Bonchev–Trinajstić information content (AvgIpc) is 3.30. The first-order valence-electron chi connectivity index (χ1n) is 11.6. The van der Waals surface area contributed by atoms with Crippen LogP contribution < -0.4 is 10.9 Å². The molecular weight excluding hydrogens is 468 g/mol. The fourth-order valence-corrected chi connectivity index (χ4v) is 6.98. The van der Waals surface area contributed by atoms with Crippen molar-refractivity contribution in [1.29, 1.82) is 5.26 Å². The van der Waals surface area contributed by atoms with Gasteiger partial charge in [0.25, 0.3) is 5.56 Å². The van der Waals surface area contributed by atoms with Crippen molar-refractivity contribution in [3.8, 4) is 6.07 Å². The maximum Gasteiger partial charge on any atom is 0.261 e. The van der Waals surface area contributed by atoms with E-state index in [9.17, 15) is 18.5 Å². The zero-order valence-electron chi connectivity index (χ0n) is 20.0. The van der Waals surface area contributed by atoms with Gasteiger partial charge in [-0.1, -0.05) is 0 Å². The highest BCUT2D eigenvalue weighted by atomic mass is 32.2. The number of pyridine rings is 1. The second-order valence-corrected chi connectivity index (χ2v) is 12.0. The minimum absolute atomic E-state index is 0.249. The molecule has 1 aromatic carbocycles. The van der Waals surface area contributed by atoms with Crippen molar-refractivity contribution < 1.29 is 13.2 Å². The van der Waals surface area contributed by atoms with Crippen molar-refractivity contribution >= 4 is 32.4 Å². The largest absolute Gasteiger partial charge is 0.381 e. The number of sulfonamides is 1. The molecule has 0 saturated carbocycles. The minimum atomic E-state index is -3.57. The Morgan fingerprint density at radius 3 is 2.69 bits per heavy atom. The van der Waals surface area contributed by atoms with E-state index in [0.717, 1.165) is 0 Å². The first-order valence-corrected chi connectivity index (χ1v) is 13.0. The molecule has 0 radical (unpaired) electrons. The van der Waals surface area contributed by atoms with Gasteiger partial charge in [0.2, 0.25) is 10.0 Å². The number of aromatic amines is 1. The Hall–Kier alpha value is -3.20. The van der Waals surface area contributed by atoms with Gasteiger partial charge in [-0.15, -0.1) is 0 Å². The number of benzene rings is 1. The number of hydrogen-bond donors (Lipinski definition) is 2. The van der Waals surface area contributed by atoms with Crippen molar-refractivity contribution in [3.05, 3.63) is 46.4 Å². The van der Waals surface area contributed by atoms with Gasteiger partial charge in [-0.25, -0.2) is 8.42 Å². The molecule has 184 valence electrons. The second-order valence-electron chi connectivity index (χ2n) is 10.1. The van der Waals surface area contributed by atoms with Crippen LogP contribution in [0.5, 0.6) is 0 Å². The summed E-state index contributed by atoms with van der Waals surface area (Å²) in [5.74, 6) is 0.360. The van der Waals surface area contributed by atoms with E-state index in [0.29, 0.717) is 58.9 Å². The molecule has 5 rings (SSSR count). The van der Waals surface area contributed by atoms with E-state index in [-0.39, 0.29) is 18.5 Å². The van der Waals surface area contributed by atoms with Crippen LogP contribution in [0.3, 0.4) is 0 Å². The molecule has 2 N–H and O–H groups in total. The Bertz CT molecular complexity index is 1500. The summed E-state index contributed by atoms with van der Waals surface area (Å²) >= 11 is 0. The van der Waals surface area contributed by atoms with E-state index >= 15 is 0 Å². The molecule has 11 heteroatoms. The zero-order valence-corrected chi connectivity index (χ0v) is 20.8. The molecule has 1 saturated heterocycles. The van der Waals surface area contributed by atoms with E-state index in [1.807, 2.05) is 20.8 Å². The second kappa shape index (κ2) is 8.19. The average molecular weight is 497 g/mol. The van der Waals surface area contributed by atoms with Crippen LogP contribution >= 0.6 is 0 Å². The Morgan fingerprint density at radius 1 is 1.26 bits per heavy atom. The fourth-order valence-electron chi connectivity index (χ4n) is 5.01. The molecule has 2 aromatic heterocycles. The first kappa shape index (κ1) is 23.5. The van der Waals surface area contributed by atoms with Crippen LogP contribution in [0.15, 0.2) is 40.2 Å². The summed E-state index contributed by atoms with van der Waals surface area (Å²) in [5.41, 5.74) is 0.540. The van der Waals surface area contributed by atoms with Crippen LogP contribution in [0.2, 0.25) is 0 Å². The molecule has 10 nitrogen and oxygen atoms in total. The normalized spacial score (nSPS) is 19.4. The van der Waals surface area contributed by atoms with E-state index in [1.54, 1.807) is 35.1 Å². The quantitative estimate of drug-likeness (QED) is 0.567. The van der Waals surface area contributed by atoms with Crippen LogP contribution in [-0.2, 0) is 26.8 Å². The van der Waals surface area contributed by atoms with Gasteiger partial charge in [-0.3, -0.25) is 9.48 Å². The lowest BCUT2D eigenvalue weighted by atomic mass is 9.87. The third-order valence-electron chi connectivity index (χ3n) is 6.84. The number of fused-ring (bicyclic) bond motifs is 2. The van der Waals surface area contributed by atoms with Crippen LogP contribution in [0, 0.1) is 11.3 Å². The number of aromatic nitrogens is 3. The highest BCUT2D eigenvalue weighted by Crippen LogP contribution is 2.39. The third-order valence-corrected chi connectivity index (χ3v) is 9.05. The smallest absolute Gasteiger partial charge is 0.261 e. The van der Waals surface area contributed by atoms with Crippen LogP contribution in [0.4, 0.5) is 11.5 Å². The Balaban J connectivity index is 1.58. The number of hydrogen-bond acceptors (Lipinski definition) is 7. The molecule has 1 fully saturated rings. The van der Waals surface area contributed by atoms with Crippen molar-refractivity contribution in [3.63, 3.8) is 0 Å². The summed E-state index contributed by atoms with van der Waals surface area (Å²) in [7, 11) is -3.57. The monoisotopic (exact) mass is 496 g/mol. The van der Waals surface area contributed by atoms with Crippen LogP contribution in [0.25, 0.3) is 10.9 Å². The number of ether oxygens (including phenoxy) is 1. The lowest BCUT2D eigenvalue weighted by Gasteiger charge is -2.36. The van der Waals surface area contributed by atoms with Gasteiger partial charge in [-0.05, 0) is 63.4 Å². The van der Waals surface area contributed by atoms with Crippen molar-refractivity contribution in [2.24, 2.45) is 0 Å². The summed E-state index contributed by atoms with van der Waals surface area (Å²) in [6, 6.07) is 9.15. The Labute approximate surface area is 203 Å². The minimum Gasteiger partial charge on any atom is -0.381 e. The van der Waals surface area contributed by atoms with Gasteiger partial charge >= 0.3 is 0 Å². The van der Waals surface area contributed by atoms with Crippen LogP contribution in [0.1, 0.15) is 45.6 Å². The number of anilines is 2. The molecule has 4 heterocycles. The summed E-state index contributed by atoms with van der Waals surface area (Å²) in [5, 5.41) is 18.0. The topological polar surface area (TPSA) is 133 Å². The van der Waals surface area contributed by atoms with E-state index in [2.05, 4.69) is 16.4 Å². The molecule has 35 heavy (non-hydrogen) atoms. The number of nitrogens with one attached hydrogen (secondary N) is 2. The van der Waals surface area contributed by atoms with Gasteiger partial charge in [0, 0.05) is 37.2 Å². The van der Waals surface area contributed by atoms with Crippen molar-refractivity contribution in [1.82, 2.24) is 19.1 Å². The van der Waals surface area contributed by atoms with Gasteiger partial charge < -0.3 is 15.0 Å². The highest BCUT2D eigenvalue weighted by molar-refractivity contribution is 7.89. The number of nitrogens with zero attached hydrogens (tertiary/aromatic N) is 4. The van der Waals surface area contributed by atoms with E-state index in [1.165, 1.54) is 4.31 Å². The Kier molecular flexibility index (Phi) is 5.51. The van der Waals surface area contributed by atoms with Gasteiger partial charge in [0.05, 0.1) is 28.4 Å². The number of nitriles is 1. The SMILES string of the molecule is CC(C)(C)N1Cc2cc(Nc3nn(C4(CC#N)CCOCC4)c4cc[nH]c(=O)c34)ccc2S1(=O)=O. The maximum atomic E-state index is 13.0. The molecule has 0 amide bonds. The summed E-state index contributed by atoms with van der Waals surface area (Å²) in [4.78, 5) is 15.9. The molecule has 2 aliphatic heterocycles. The van der Waals surface area contributed by atoms with Crippen molar-refractivity contribution in [2.45, 2.75) is 62.6 Å². The lowest BCUT2D eigenvalue weighted by Crippen LogP contribution is -2.41. The highest BCUT2D eigenvalue weighted by Gasteiger charge is 2.41. The number of rotatable bonds is 4. The van der Waals surface area contributed by atoms with Gasteiger partial charge in [0.1, 0.15) is 5.39 Å². The summed E-state index contributed by atoms with van der Waals surface area (Å²) in [6.07, 6.45) is 3.05. The first-order chi connectivity index (χ1) is 16.6. The number of H-pyrrole nitrogens is 1. The predicted octanol–water partition coefficient (Wildman–Crippen LogP) is 3.19. The molecule has 0 spiro atoms. The molecular formula is C24H28N6O4S. The van der Waals surface area contributed by atoms with Crippen molar-refractivity contribution in [2.75, 3.05) is 18.5 Å². The summed E-state index contributed by atoms with van der Waals surface area (Å²) < 4.78 is 34.8. The van der Waals surface area contributed by atoms with E-state index in [4.69, 9.17) is 9.84 Å². The molecule has 3 aromatic rings. The maximum absolute atomic E-state index is 13.0. The predicted molar refractivity (Wildman–Crippen MR) is 131 cm³/mol. The van der Waals surface area contributed by atoms with E-state index < -0.39 is 21.1 Å². The summed E-state index contributed by atoms with van der Waals surface area (Å²) in [6.45, 7) is 6.91. The molecule has 0 atom stereocenters. The molecule has 0 unspecified atom stereocenters.